The molecule has 3 heterocycles. The lowest BCUT2D eigenvalue weighted by Crippen LogP contribution is -2.60. The zero-order chi connectivity index (χ0) is 31.2. The lowest BCUT2D eigenvalue weighted by Gasteiger charge is -2.40. The molecule has 0 aromatic heterocycles. The monoisotopic (exact) mass is 610 g/mol. The second-order valence-electron chi connectivity index (χ2n) is 10.1. The third kappa shape index (κ3) is 5.85. The maximum absolute atomic E-state index is 13.4. The van der Waals surface area contributed by atoms with Crippen molar-refractivity contribution in [3.05, 3.63) is 47.2 Å². The van der Waals surface area contributed by atoms with Crippen LogP contribution in [0, 0.1) is 0 Å². The van der Waals surface area contributed by atoms with E-state index in [0.717, 1.165) is 6.07 Å². The number of hydrogen-bond acceptors (Lipinski definition) is 16. The molecular weight excluding hydrogens is 580 g/mol. The van der Waals surface area contributed by atoms with Crippen LogP contribution < -0.4 is 14.2 Å². The number of allylic oxidation sites excluding steroid dienone is 1. The molecule has 3 aliphatic rings. The van der Waals surface area contributed by atoms with Gasteiger partial charge in [-0.1, -0.05) is 6.07 Å². The highest BCUT2D eigenvalue weighted by Crippen LogP contribution is 2.43. The average molecular weight is 611 g/mol. The Morgan fingerprint density at radius 1 is 0.721 bits per heavy atom. The molecule has 5 rings (SSSR count). The Hall–Kier alpha value is -3.55. The molecule has 10 atom stereocenters. The van der Waals surface area contributed by atoms with E-state index in [4.69, 9.17) is 23.7 Å². The van der Waals surface area contributed by atoms with Gasteiger partial charge in [0.05, 0.1) is 13.2 Å². The number of aliphatic hydroxyl groups excluding tert-OH is 8. The molecule has 0 aliphatic carbocycles. The standard InChI is InChI=1S/C27H30O16/c28-7-16-20(33)22(35)24(37)26(42-16)39-10-5-13-18(19(32)15(40-13)4-9-1-2-11(30)12(31)3-9)14(6-10)41-27-25(38)23(36)21(34)17(8-29)43-27/h1-6,16-17,20-31,33-38H,7-8H2/t16-,17-,20-,21-,22-,23-,24-,25-,26-,27-/m0/s1. The minimum absolute atomic E-state index is 0.166. The van der Waals surface area contributed by atoms with Crippen LogP contribution in [-0.2, 0) is 9.47 Å². The van der Waals surface area contributed by atoms with E-state index in [0.29, 0.717) is 0 Å². The summed E-state index contributed by atoms with van der Waals surface area (Å²) in [7, 11) is 0. The molecule has 0 saturated carbocycles. The number of phenolic OH excluding ortho intramolecular Hbond substituents is 2. The minimum atomic E-state index is -1.85. The van der Waals surface area contributed by atoms with E-state index in [1.54, 1.807) is 0 Å². The van der Waals surface area contributed by atoms with Crippen LogP contribution >= 0.6 is 0 Å². The van der Waals surface area contributed by atoms with Crippen molar-refractivity contribution in [1.82, 2.24) is 0 Å². The number of fused-ring (bicyclic) bond motifs is 1. The molecular formula is C27H30O16. The predicted octanol–water partition coefficient (Wildman–Crippen LogP) is -2.93. The number of carbonyl (C=O) groups excluding carboxylic acids is 1. The summed E-state index contributed by atoms with van der Waals surface area (Å²) in [5.74, 6) is -2.58. The van der Waals surface area contributed by atoms with Crippen molar-refractivity contribution in [2.24, 2.45) is 0 Å². The summed E-state index contributed by atoms with van der Waals surface area (Å²) in [5, 5.41) is 99.8. The predicted molar refractivity (Wildman–Crippen MR) is 138 cm³/mol. The zero-order valence-corrected chi connectivity index (χ0v) is 22.1. The van der Waals surface area contributed by atoms with Gasteiger partial charge in [0.15, 0.2) is 17.3 Å². The highest BCUT2D eigenvalue weighted by atomic mass is 16.7. The quantitative estimate of drug-likeness (QED) is 0.111. The zero-order valence-electron chi connectivity index (χ0n) is 22.1. The van der Waals surface area contributed by atoms with Crippen LogP contribution in [-0.4, -0.2) is 131 Å². The van der Waals surface area contributed by atoms with Gasteiger partial charge in [-0.3, -0.25) is 4.79 Å². The first-order chi connectivity index (χ1) is 20.4. The van der Waals surface area contributed by atoms with Crippen LogP contribution in [0.25, 0.3) is 6.08 Å². The Morgan fingerprint density at radius 2 is 1.30 bits per heavy atom. The number of phenols is 2. The molecule has 0 amide bonds. The van der Waals surface area contributed by atoms with Gasteiger partial charge in [0, 0.05) is 12.1 Å². The van der Waals surface area contributed by atoms with Crippen LogP contribution in [0.5, 0.6) is 28.7 Å². The van der Waals surface area contributed by atoms with Gasteiger partial charge in [-0.15, -0.1) is 0 Å². The number of ketones is 1. The van der Waals surface area contributed by atoms with Gasteiger partial charge in [0.2, 0.25) is 18.4 Å². The minimum Gasteiger partial charge on any atom is -0.504 e. The fourth-order valence-corrected chi connectivity index (χ4v) is 4.78. The lowest BCUT2D eigenvalue weighted by molar-refractivity contribution is -0.278. The smallest absolute Gasteiger partial charge is 0.235 e. The fraction of sp³-hybridized carbons (Fsp3) is 0.444. The van der Waals surface area contributed by atoms with Gasteiger partial charge in [-0.2, -0.15) is 0 Å². The number of ether oxygens (including phenoxy) is 5. The van der Waals surface area contributed by atoms with Gasteiger partial charge < -0.3 is 74.7 Å². The van der Waals surface area contributed by atoms with Crippen LogP contribution in [0.4, 0.5) is 0 Å². The summed E-state index contributed by atoms with van der Waals surface area (Å²) in [4.78, 5) is 13.4. The van der Waals surface area contributed by atoms with Crippen molar-refractivity contribution in [3.8, 4) is 28.7 Å². The van der Waals surface area contributed by atoms with E-state index in [1.165, 1.54) is 30.3 Å². The van der Waals surface area contributed by atoms with Gasteiger partial charge >= 0.3 is 0 Å². The van der Waals surface area contributed by atoms with Crippen molar-refractivity contribution in [2.75, 3.05) is 13.2 Å². The van der Waals surface area contributed by atoms with Crippen LogP contribution in [0.3, 0.4) is 0 Å². The molecule has 10 N–H and O–H groups in total. The molecule has 0 spiro atoms. The van der Waals surface area contributed by atoms with E-state index in [1.807, 2.05) is 0 Å². The molecule has 2 aromatic carbocycles. The van der Waals surface area contributed by atoms with E-state index in [-0.39, 0.29) is 34.1 Å². The third-order valence-electron chi connectivity index (χ3n) is 7.20. The maximum atomic E-state index is 13.4. The normalized spacial score (nSPS) is 35.0. The number of hydrogen-bond donors (Lipinski definition) is 10. The molecule has 0 unspecified atom stereocenters. The van der Waals surface area contributed by atoms with Crippen LogP contribution in [0.15, 0.2) is 36.1 Å². The molecule has 43 heavy (non-hydrogen) atoms. The molecule has 0 radical (unpaired) electrons. The van der Waals surface area contributed by atoms with Gasteiger partial charge in [-0.05, 0) is 23.8 Å². The highest BCUT2D eigenvalue weighted by molar-refractivity contribution is 6.16. The molecule has 2 fully saturated rings. The summed E-state index contributed by atoms with van der Waals surface area (Å²) >= 11 is 0. The Morgan fingerprint density at radius 3 is 1.86 bits per heavy atom. The molecule has 2 saturated heterocycles. The Kier molecular flexibility index (Phi) is 8.77. The third-order valence-corrected chi connectivity index (χ3v) is 7.20. The number of aliphatic hydroxyl groups is 8. The summed E-state index contributed by atoms with van der Waals surface area (Å²) in [6, 6.07) is 6.05. The van der Waals surface area contributed by atoms with E-state index < -0.39 is 91.9 Å². The summed E-state index contributed by atoms with van der Waals surface area (Å²) in [6.07, 6.45) is -15.3. The second-order valence-corrected chi connectivity index (χ2v) is 10.1. The van der Waals surface area contributed by atoms with E-state index in [9.17, 15) is 55.9 Å². The SMILES string of the molecule is O=C1C(=Cc2ccc(O)c(O)c2)Oc2cc(O[C@H]3O[C@@H](CO)[C@H](O)[C@H](O)[C@@H]3O)cc(O[C@H]3O[C@@H](CO)[C@H](O)[C@H](O)[C@@H]3O)c21. The Bertz CT molecular complexity index is 1370. The van der Waals surface area contributed by atoms with Crippen molar-refractivity contribution >= 4 is 11.9 Å². The van der Waals surface area contributed by atoms with Gasteiger partial charge in [0.25, 0.3) is 0 Å². The first kappa shape index (κ1) is 30.9. The molecule has 16 heteroatoms. The van der Waals surface area contributed by atoms with E-state index in [2.05, 4.69) is 0 Å². The number of benzene rings is 2. The van der Waals surface area contributed by atoms with Crippen LogP contribution in [0.2, 0.25) is 0 Å². The molecule has 3 aliphatic heterocycles. The average Bonchev–Trinajstić information content (AvgIpc) is 3.29. The fourth-order valence-electron chi connectivity index (χ4n) is 4.78. The number of aromatic hydroxyl groups is 2. The van der Waals surface area contributed by atoms with E-state index >= 15 is 0 Å². The topological polar surface area (TPSA) is 266 Å². The second kappa shape index (κ2) is 12.2. The van der Waals surface area contributed by atoms with Crippen molar-refractivity contribution < 1.29 is 79.5 Å². The summed E-state index contributed by atoms with van der Waals surface area (Å²) < 4.78 is 27.9. The van der Waals surface area contributed by atoms with Crippen molar-refractivity contribution in [2.45, 2.75) is 61.4 Å². The van der Waals surface area contributed by atoms with Crippen LogP contribution in [0.1, 0.15) is 15.9 Å². The molecule has 16 nitrogen and oxygen atoms in total. The number of rotatable bonds is 7. The summed E-state index contributed by atoms with van der Waals surface area (Å²) in [5.41, 5.74) is 0.0491. The van der Waals surface area contributed by atoms with Crippen molar-refractivity contribution in [1.29, 1.82) is 0 Å². The largest absolute Gasteiger partial charge is 0.504 e. The first-order valence-corrected chi connectivity index (χ1v) is 13.0. The molecule has 0 bridgehead atoms. The lowest BCUT2D eigenvalue weighted by atomic mass is 9.99. The Labute approximate surface area is 242 Å². The maximum Gasteiger partial charge on any atom is 0.235 e. The van der Waals surface area contributed by atoms with Crippen molar-refractivity contribution in [3.63, 3.8) is 0 Å². The first-order valence-electron chi connectivity index (χ1n) is 13.0. The summed E-state index contributed by atoms with van der Waals surface area (Å²) in [6.45, 7) is -1.48. The highest BCUT2D eigenvalue weighted by Gasteiger charge is 2.47. The molecule has 2 aromatic rings. The Balaban J connectivity index is 1.51. The number of carbonyl (C=O) groups is 1. The number of Topliss-reactive ketones (excluding diaryl/α,β-unsaturated/α-hetero) is 1. The molecule has 234 valence electrons. The van der Waals surface area contributed by atoms with Gasteiger partial charge in [0.1, 0.15) is 71.6 Å². The van der Waals surface area contributed by atoms with Gasteiger partial charge in [-0.25, -0.2) is 0 Å².